The van der Waals surface area contributed by atoms with Gasteiger partial charge >= 0.3 is 0 Å². The van der Waals surface area contributed by atoms with Crippen molar-refractivity contribution in [2.24, 2.45) is 11.5 Å². The molecule has 1 atom stereocenters. The highest BCUT2D eigenvalue weighted by Crippen LogP contribution is 2.27. The number of hydrogen-bond donors (Lipinski definition) is 2. The molecule has 15 heavy (non-hydrogen) atoms. The van der Waals surface area contributed by atoms with E-state index in [1.807, 2.05) is 0 Å². The van der Waals surface area contributed by atoms with E-state index in [1.165, 1.54) is 0 Å². The maximum Gasteiger partial charge on any atom is 0.237 e. The van der Waals surface area contributed by atoms with E-state index in [0.29, 0.717) is 15.2 Å². The third kappa shape index (κ3) is 3.70. The van der Waals surface area contributed by atoms with Gasteiger partial charge in [0.1, 0.15) is 18.4 Å². The van der Waals surface area contributed by atoms with Crippen molar-refractivity contribution in [3.63, 3.8) is 0 Å². The third-order valence-electron chi connectivity index (χ3n) is 1.68. The highest BCUT2D eigenvalue weighted by molar-refractivity contribution is 9.10. The third-order valence-corrected chi connectivity index (χ3v) is 2.53. The van der Waals surface area contributed by atoms with Crippen molar-refractivity contribution in [1.82, 2.24) is 0 Å². The quantitative estimate of drug-likeness (QED) is 0.878. The van der Waals surface area contributed by atoms with E-state index in [9.17, 15) is 4.79 Å². The van der Waals surface area contributed by atoms with E-state index < -0.39 is 11.9 Å². The number of halogens is 2. The fourth-order valence-electron chi connectivity index (χ4n) is 0.854. The van der Waals surface area contributed by atoms with E-state index in [2.05, 4.69) is 15.9 Å². The Morgan fingerprint density at radius 2 is 2.27 bits per heavy atom. The van der Waals surface area contributed by atoms with Crippen molar-refractivity contribution in [3.05, 3.63) is 27.7 Å². The van der Waals surface area contributed by atoms with Crippen LogP contribution in [0.2, 0.25) is 5.02 Å². The smallest absolute Gasteiger partial charge is 0.237 e. The van der Waals surface area contributed by atoms with E-state index in [4.69, 9.17) is 27.8 Å². The number of benzene rings is 1. The van der Waals surface area contributed by atoms with Crippen LogP contribution in [0.3, 0.4) is 0 Å². The van der Waals surface area contributed by atoms with Gasteiger partial charge in [-0.2, -0.15) is 0 Å². The summed E-state index contributed by atoms with van der Waals surface area (Å²) in [5.74, 6) is -0.0313. The molecule has 1 rings (SSSR count). The molecule has 0 radical (unpaired) electrons. The Hall–Kier alpha value is -0.780. The van der Waals surface area contributed by atoms with Crippen LogP contribution in [0.15, 0.2) is 22.7 Å². The van der Waals surface area contributed by atoms with E-state index in [1.54, 1.807) is 18.2 Å². The summed E-state index contributed by atoms with van der Waals surface area (Å²) in [5, 5.41) is 0.591. The standard InChI is InChI=1S/C9H10BrClN2O2/c10-6-3-5(11)1-2-8(6)15-4-7(12)9(13)14/h1-3,7H,4,12H2,(H2,13,14). The molecule has 0 saturated carbocycles. The first-order chi connectivity index (χ1) is 7.00. The lowest BCUT2D eigenvalue weighted by molar-refractivity contribution is -0.119. The lowest BCUT2D eigenvalue weighted by atomic mass is 10.3. The predicted molar refractivity (Wildman–Crippen MR) is 61.8 cm³/mol. The topological polar surface area (TPSA) is 78.3 Å². The zero-order chi connectivity index (χ0) is 11.4. The SMILES string of the molecule is NC(=O)C(N)COc1ccc(Cl)cc1Br. The summed E-state index contributed by atoms with van der Waals surface area (Å²) >= 11 is 9.01. The van der Waals surface area contributed by atoms with Crippen LogP contribution in [0.5, 0.6) is 5.75 Å². The molecular weight excluding hydrogens is 283 g/mol. The minimum atomic E-state index is -0.812. The predicted octanol–water partition coefficient (Wildman–Crippen LogP) is 1.29. The van der Waals surface area contributed by atoms with Crippen molar-refractivity contribution >= 4 is 33.4 Å². The van der Waals surface area contributed by atoms with Crippen LogP contribution in [-0.4, -0.2) is 18.6 Å². The number of hydrogen-bond acceptors (Lipinski definition) is 3. The Morgan fingerprint density at radius 3 is 2.80 bits per heavy atom. The van der Waals surface area contributed by atoms with Crippen LogP contribution >= 0.6 is 27.5 Å². The summed E-state index contributed by atoms with van der Waals surface area (Å²) in [6.07, 6.45) is 0. The van der Waals surface area contributed by atoms with Crippen LogP contribution in [0, 0.1) is 0 Å². The molecule has 82 valence electrons. The summed E-state index contributed by atoms with van der Waals surface area (Å²) in [4.78, 5) is 10.6. The normalized spacial score (nSPS) is 12.2. The number of carbonyl (C=O) groups excluding carboxylic acids is 1. The molecule has 1 unspecified atom stereocenters. The molecule has 0 heterocycles. The minimum Gasteiger partial charge on any atom is -0.490 e. The fraction of sp³-hybridized carbons (Fsp3) is 0.222. The first-order valence-electron chi connectivity index (χ1n) is 4.13. The van der Waals surface area contributed by atoms with Gasteiger partial charge < -0.3 is 16.2 Å². The summed E-state index contributed by atoms with van der Waals surface area (Å²) < 4.78 is 5.98. The molecule has 1 aromatic carbocycles. The molecule has 0 aliphatic carbocycles. The van der Waals surface area contributed by atoms with Crippen LogP contribution in [0.4, 0.5) is 0 Å². The van der Waals surface area contributed by atoms with Crippen molar-refractivity contribution in [1.29, 1.82) is 0 Å². The second kappa shape index (κ2) is 5.34. The second-order valence-corrected chi connectivity index (χ2v) is 4.19. The van der Waals surface area contributed by atoms with Gasteiger partial charge in [0.15, 0.2) is 0 Å². The molecule has 0 aromatic heterocycles. The van der Waals surface area contributed by atoms with Gasteiger partial charge in [0.25, 0.3) is 0 Å². The monoisotopic (exact) mass is 292 g/mol. The first kappa shape index (κ1) is 12.3. The van der Waals surface area contributed by atoms with E-state index >= 15 is 0 Å². The number of rotatable bonds is 4. The highest BCUT2D eigenvalue weighted by atomic mass is 79.9. The molecule has 4 N–H and O–H groups in total. The van der Waals surface area contributed by atoms with Gasteiger partial charge in [0, 0.05) is 5.02 Å². The minimum absolute atomic E-state index is 0.0373. The van der Waals surface area contributed by atoms with Gasteiger partial charge in [0.05, 0.1) is 4.47 Å². The molecule has 6 heteroatoms. The van der Waals surface area contributed by atoms with Gasteiger partial charge in [-0.15, -0.1) is 0 Å². The molecule has 0 fully saturated rings. The molecule has 0 aliphatic heterocycles. The Morgan fingerprint density at radius 1 is 1.60 bits per heavy atom. The molecule has 0 spiro atoms. The summed E-state index contributed by atoms with van der Waals surface area (Å²) in [7, 11) is 0. The maximum absolute atomic E-state index is 10.6. The number of ether oxygens (including phenoxy) is 1. The van der Waals surface area contributed by atoms with Gasteiger partial charge in [-0.25, -0.2) is 0 Å². The van der Waals surface area contributed by atoms with Crippen molar-refractivity contribution < 1.29 is 9.53 Å². The molecule has 0 saturated heterocycles. The number of primary amides is 1. The summed E-state index contributed by atoms with van der Waals surface area (Å²) in [5.41, 5.74) is 10.4. The van der Waals surface area contributed by atoms with E-state index in [-0.39, 0.29) is 6.61 Å². The van der Waals surface area contributed by atoms with Gasteiger partial charge in [0.2, 0.25) is 5.91 Å². The Kier molecular flexibility index (Phi) is 4.38. The lowest BCUT2D eigenvalue weighted by Gasteiger charge is -2.11. The Balaban J connectivity index is 2.62. The molecule has 4 nitrogen and oxygen atoms in total. The van der Waals surface area contributed by atoms with Crippen molar-refractivity contribution in [3.8, 4) is 5.75 Å². The Labute approximate surface area is 101 Å². The van der Waals surface area contributed by atoms with Crippen molar-refractivity contribution in [2.75, 3.05) is 6.61 Å². The molecule has 1 aromatic rings. The number of carbonyl (C=O) groups is 1. The average Bonchev–Trinajstić information content (AvgIpc) is 2.15. The van der Waals surface area contributed by atoms with Gasteiger partial charge in [-0.3, -0.25) is 4.79 Å². The van der Waals surface area contributed by atoms with Crippen LogP contribution < -0.4 is 16.2 Å². The molecule has 0 aliphatic rings. The maximum atomic E-state index is 10.6. The summed E-state index contributed by atoms with van der Waals surface area (Å²) in [6.45, 7) is 0.0373. The number of amides is 1. The van der Waals surface area contributed by atoms with Crippen LogP contribution in [-0.2, 0) is 4.79 Å². The average molecular weight is 294 g/mol. The largest absolute Gasteiger partial charge is 0.490 e. The van der Waals surface area contributed by atoms with Crippen LogP contribution in [0.25, 0.3) is 0 Å². The fourth-order valence-corrected chi connectivity index (χ4v) is 1.65. The lowest BCUT2D eigenvalue weighted by Crippen LogP contribution is -2.41. The van der Waals surface area contributed by atoms with Crippen LogP contribution in [0.1, 0.15) is 0 Å². The van der Waals surface area contributed by atoms with Crippen molar-refractivity contribution in [2.45, 2.75) is 6.04 Å². The summed E-state index contributed by atoms with van der Waals surface area (Å²) in [6, 6.07) is 4.23. The molecule has 0 bridgehead atoms. The molecular formula is C9H10BrClN2O2. The Bertz CT molecular complexity index is 373. The van der Waals surface area contributed by atoms with Gasteiger partial charge in [-0.05, 0) is 34.1 Å². The van der Waals surface area contributed by atoms with Gasteiger partial charge in [-0.1, -0.05) is 11.6 Å². The highest BCUT2D eigenvalue weighted by Gasteiger charge is 2.10. The van der Waals surface area contributed by atoms with E-state index in [0.717, 1.165) is 0 Å². The first-order valence-corrected chi connectivity index (χ1v) is 5.30. The zero-order valence-electron chi connectivity index (χ0n) is 7.74. The molecule has 1 amide bonds. The number of nitrogens with two attached hydrogens (primary N) is 2. The second-order valence-electron chi connectivity index (χ2n) is 2.89. The zero-order valence-corrected chi connectivity index (χ0v) is 10.1.